The summed E-state index contributed by atoms with van der Waals surface area (Å²) in [5, 5.41) is 0. The summed E-state index contributed by atoms with van der Waals surface area (Å²) in [5.74, 6) is 0.749. The van der Waals surface area contributed by atoms with Crippen LogP contribution in [-0.2, 0) is 12.7 Å². The lowest BCUT2D eigenvalue weighted by Crippen LogP contribution is -2.03. The van der Waals surface area contributed by atoms with Gasteiger partial charge in [0.15, 0.2) is 0 Å². The summed E-state index contributed by atoms with van der Waals surface area (Å²) in [6.45, 7) is 0.202. The molecule has 2 rings (SSSR count). The van der Waals surface area contributed by atoms with Gasteiger partial charge in [0.1, 0.15) is 5.76 Å². The highest BCUT2D eigenvalue weighted by Crippen LogP contribution is 2.30. The van der Waals surface area contributed by atoms with Crippen LogP contribution in [0.4, 0.5) is 13.2 Å². The van der Waals surface area contributed by atoms with Gasteiger partial charge in [-0.25, -0.2) is 4.98 Å². The molecule has 2 N–H and O–H groups in total. The van der Waals surface area contributed by atoms with Crippen LogP contribution in [0.1, 0.15) is 11.3 Å². The zero-order chi connectivity index (χ0) is 12.5. The van der Waals surface area contributed by atoms with E-state index in [1.165, 1.54) is 18.3 Å². The molecule has 3 nitrogen and oxygen atoms in total. The second-order valence-electron chi connectivity index (χ2n) is 3.41. The molecule has 0 saturated carbocycles. The van der Waals surface area contributed by atoms with Gasteiger partial charge in [0.05, 0.1) is 18.3 Å². The average Bonchev–Trinajstić information content (AvgIpc) is 2.76. The van der Waals surface area contributed by atoms with Crippen molar-refractivity contribution in [3.8, 4) is 11.5 Å². The third kappa shape index (κ3) is 2.47. The molecule has 1 aromatic carbocycles. The third-order valence-corrected chi connectivity index (χ3v) is 2.21. The van der Waals surface area contributed by atoms with Gasteiger partial charge in [0, 0.05) is 5.56 Å². The smallest absolute Gasteiger partial charge is 0.416 e. The Kier molecular flexibility index (Phi) is 2.89. The SMILES string of the molecule is NCc1cnc(-c2ccc(C(F)(F)F)cc2)o1. The van der Waals surface area contributed by atoms with Gasteiger partial charge in [-0.2, -0.15) is 13.2 Å². The van der Waals surface area contributed by atoms with E-state index in [0.717, 1.165) is 12.1 Å². The maximum Gasteiger partial charge on any atom is 0.416 e. The van der Waals surface area contributed by atoms with Crippen molar-refractivity contribution in [2.24, 2.45) is 5.73 Å². The Balaban J connectivity index is 2.29. The van der Waals surface area contributed by atoms with Crippen molar-refractivity contribution in [2.75, 3.05) is 0 Å². The van der Waals surface area contributed by atoms with E-state index in [2.05, 4.69) is 4.98 Å². The lowest BCUT2D eigenvalue weighted by molar-refractivity contribution is -0.137. The van der Waals surface area contributed by atoms with Crippen molar-refractivity contribution in [2.45, 2.75) is 12.7 Å². The average molecular weight is 242 g/mol. The number of oxazole rings is 1. The summed E-state index contributed by atoms with van der Waals surface area (Å²) in [4.78, 5) is 3.92. The van der Waals surface area contributed by atoms with Gasteiger partial charge in [0.2, 0.25) is 5.89 Å². The molecule has 0 aliphatic rings. The van der Waals surface area contributed by atoms with Crippen LogP contribution in [-0.4, -0.2) is 4.98 Å². The first kappa shape index (κ1) is 11.7. The Hall–Kier alpha value is -1.82. The Bertz CT molecular complexity index is 502. The third-order valence-electron chi connectivity index (χ3n) is 2.21. The van der Waals surface area contributed by atoms with Gasteiger partial charge >= 0.3 is 6.18 Å². The molecule has 90 valence electrons. The Labute approximate surface area is 95.1 Å². The highest BCUT2D eigenvalue weighted by Gasteiger charge is 2.30. The Morgan fingerprint density at radius 2 is 1.82 bits per heavy atom. The molecule has 0 radical (unpaired) electrons. The minimum absolute atomic E-state index is 0.202. The minimum Gasteiger partial charge on any atom is -0.440 e. The number of nitrogens with two attached hydrogens (primary N) is 1. The number of hydrogen-bond donors (Lipinski definition) is 1. The van der Waals surface area contributed by atoms with Crippen LogP contribution in [0.2, 0.25) is 0 Å². The summed E-state index contributed by atoms with van der Waals surface area (Å²) in [5.41, 5.74) is 5.12. The lowest BCUT2D eigenvalue weighted by atomic mass is 10.1. The largest absolute Gasteiger partial charge is 0.440 e. The summed E-state index contributed by atoms with van der Waals surface area (Å²) in [7, 11) is 0. The zero-order valence-electron chi connectivity index (χ0n) is 8.66. The highest BCUT2D eigenvalue weighted by molar-refractivity contribution is 5.53. The molecule has 0 unspecified atom stereocenters. The van der Waals surface area contributed by atoms with E-state index in [1.807, 2.05) is 0 Å². The van der Waals surface area contributed by atoms with E-state index >= 15 is 0 Å². The molecular formula is C11H9F3N2O. The fourth-order valence-electron chi connectivity index (χ4n) is 1.34. The maximum atomic E-state index is 12.3. The number of rotatable bonds is 2. The molecule has 17 heavy (non-hydrogen) atoms. The Morgan fingerprint density at radius 3 is 2.29 bits per heavy atom. The lowest BCUT2D eigenvalue weighted by Gasteiger charge is -2.06. The van der Waals surface area contributed by atoms with E-state index in [9.17, 15) is 13.2 Å². The summed E-state index contributed by atoms with van der Waals surface area (Å²) in [6, 6.07) is 4.60. The normalized spacial score (nSPS) is 11.8. The standard InChI is InChI=1S/C11H9F3N2O/c12-11(13,14)8-3-1-7(2-4-8)10-16-6-9(5-15)17-10/h1-4,6H,5,15H2. The predicted molar refractivity (Wildman–Crippen MR) is 54.8 cm³/mol. The molecule has 1 aromatic heterocycles. The van der Waals surface area contributed by atoms with Crippen molar-refractivity contribution in [1.82, 2.24) is 4.98 Å². The second-order valence-corrected chi connectivity index (χ2v) is 3.41. The van der Waals surface area contributed by atoms with Crippen LogP contribution in [0.5, 0.6) is 0 Å². The summed E-state index contributed by atoms with van der Waals surface area (Å²) >= 11 is 0. The van der Waals surface area contributed by atoms with Gasteiger partial charge in [-0.3, -0.25) is 0 Å². The number of benzene rings is 1. The zero-order valence-corrected chi connectivity index (χ0v) is 8.66. The van der Waals surface area contributed by atoms with Crippen molar-refractivity contribution in [3.05, 3.63) is 41.8 Å². The van der Waals surface area contributed by atoms with E-state index in [4.69, 9.17) is 10.2 Å². The highest BCUT2D eigenvalue weighted by atomic mass is 19.4. The fraction of sp³-hybridized carbons (Fsp3) is 0.182. The first-order valence-corrected chi connectivity index (χ1v) is 4.83. The summed E-state index contributed by atoms with van der Waals surface area (Å²) in [6.07, 6.45) is -2.88. The van der Waals surface area contributed by atoms with Gasteiger partial charge in [-0.15, -0.1) is 0 Å². The number of alkyl halides is 3. The van der Waals surface area contributed by atoms with Crippen LogP contribution in [0.25, 0.3) is 11.5 Å². The first-order valence-electron chi connectivity index (χ1n) is 4.83. The van der Waals surface area contributed by atoms with Crippen molar-refractivity contribution < 1.29 is 17.6 Å². The van der Waals surface area contributed by atoms with Crippen LogP contribution >= 0.6 is 0 Å². The van der Waals surface area contributed by atoms with Crippen LogP contribution in [0, 0.1) is 0 Å². The molecule has 0 atom stereocenters. The fourth-order valence-corrected chi connectivity index (χ4v) is 1.34. The van der Waals surface area contributed by atoms with Crippen LogP contribution in [0.3, 0.4) is 0 Å². The van der Waals surface area contributed by atoms with Crippen LogP contribution < -0.4 is 5.73 Å². The molecule has 1 heterocycles. The predicted octanol–water partition coefficient (Wildman–Crippen LogP) is 2.82. The van der Waals surface area contributed by atoms with E-state index in [-0.39, 0.29) is 12.4 Å². The molecule has 0 fully saturated rings. The van der Waals surface area contributed by atoms with Gasteiger partial charge < -0.3 is 10.2 Å². The van der Waals surface area contributed by atoms with Gasteiger partial charge in [-0.05, 0) is 24.3 Å². The quantitative estimate of drug-likeness (QED) is 0.880. The van der Waals surface area contributed by atoms with Crippen molar-refractivity contribution in [1.29, 1.82) is 0 Å². The van der Waals surface area contributed by atoms with Crippen LogP contribution in [0.15, 0.2) is 34.9 Å². The molecule has 0 spiro atoms. The minimum atomic E-state index is -4.34. The van der Waals surface area contributed by atoms with Gasteiger partial charge in [-0.1, -0.05) is 0 Å². The molecule has 0 bridgehead atoms. The molecule has 0 amide bonds. The second kappa shape index (κ2) is 4.21. The molecular weight excluding hydrogens is 233 g/mol. The number of halogens is 3. The van der Waals surface area contributed by atoms with E-state index in [1.54, 1.807) is 0 Å². The number of hydrogen-bond acceptors (Lipinski definition) is 3. The topological polar surface area (TPSA) is 52.0 Å². The van der Waals surface area contributed by atoms with E-state index in [0.29, 0.717) is 11.3 Å². The monoisotopic (exact) mass is 242 g/mol. The van der Waals surface area contributed by atoms with Crippen molar-refractivity contribution in [3.63, 3.8) is 0 Å². The van der Waals surface area contributed by atoms with E-state index < -0.39 is 11.7 Å². The number of nitrogens with zero attached hydrogens (tertiary/aromatic N) is 1. The molecule has 2 aromatic rings. The number of aromatic nitrogens is 1. The van der Waals surface area contributed by atoms with Crippen molar-refractivity contribution >= 4 is 0 Å². The Morgan fingerprint density at radius 1 is 1.18 bits per heavy atom. The molecule has 0 aliphatic carbocycles. The molecule has 0 saturated heterocycles. The maximum absolute atomic E-state index is 12.3. The van der Waals surface area contributed by atoms with Gasteiger partial charge in [0.25, 0.3) is 0 Å². The molecule has 0 aliphatic heterocycles. The first-order chi connectivity index (χ1) is 8.00. The summed E-state index contributed by atoms with van der Waals surface area (Å²) < 4.78 is 42.2. The molecule has 6 heteroatoms.